The van der Waals surface area contributed by atoms with Crippen molar-refractivity contribution in [3.8, 4) is 40.3 Å². The third kappa shape index (κ3) is 4.45. The largest absolute Gasteiger partial charge is 0.309 e. The molecule has 0 radical (unpaired) electrons. The second kappa shape index (κ2) is 11.8. The highest BCUT2D eigenvalue weighted by atomic mass is 15.0. The first-order valence-corrected chi connectivity index (χ1v) is 18.3. The van der Waals surface area contributed by atoms with Crippen molar-refractivity contribution >= 4 is 65.4 Å². The quantitative estimate of drug-likeness (QED) is 0.184. The first-order chi connectivity index (χ1) is 27.2. The van der Waals surface area contributed by atoms with Gasteiger partial charge in [0.2, 0.25) is 0 Å². The standard InChI is InChI=1S/C50H29N5/c51-30-32-21-24-42-40-14-4-10-20-48(40)55(50(42)27-32)47-19-9-1-11-37(47)36-25-22-34(28-33(36)31-52)53-46-18-8-5-15-41(46)43-29-35(23-26-49(43)53)54-44-16-6-2-12-38(44)39-13-3-7-17-45(39)54/h1-29H. The Morgan fingerprint density at radius 3 is 1.44 bits per heavy atom. The van der Waals surface area contributed by atoms with E-state index >= 15 is 0 Å². The van der Waals surface area contributed by atoms with E-state index in [-0.39, 0.29) is 0 Å². The summed E-state index contributed by atoms with van der Waals surface area (Å²) < 4.78 is 6.85. The lowest BCUT2D eigenvalue weighted by Crippen LogP contribution is -2.00. The van der Waals surface area contributed by atoms with Gasteiger partial charge in [0, 0.05) is 54.8 Å². The van der Waals surface area contributed by atoms with Crippen molar-refractivity contribution in [1.82, 2.24) is 13.7 Å². The van der Waals surface area contributed by atoms with Gasteiger partial charge in [-0.2, -0.15) is 10.5 Å². The molecule has 0 amide bonds. The number of para-hydroxylation sites is 5. The molecule has 11 rings (SSSR count). The summed E-state index contributed by atoms with van der Waals surface area (Å²) in [5.74, 6) is 0. The molecule has 0 bridgehead atoms. The third-order valence-electron chi connectivity index (χ3n) is 11.1. The number of benzene rings is 8. The Kier molecular flexibility index (Phi) is 6.61. The molecule has 0 aliphatic heterocycles. The number of hydrogen-bond acceptors (Lipinski definition) is 2. The molecule has 0 aliphatic carbocycles. The number of fused-ring (bicyclic) bond motifs is 9. The molecule has 0 saturated heterocycles. The van der Waals surface area contributed by atoms with E-state index in [4.69, 9.17) is 0 Å². The first kappa shape index (κ1) is 30.7. The molecule has 11 aromatic rings. The van der Waals surface area contributed by atoms with Crippen LogP contribution in [-0.4, -0.2) is 13.7 Å². The molecular formula is C50H29N5. The number of nitriles is 2. The van der Waals surface area contributed by atoms with Crippen LogP contribution in [0.2, 0.25) is 0 Å². The molecule has 8 aromatic carbocycles. The minimum absolute atomic E-state index is 0.580. The van der Waals surface area contributed by atoms with Crippen molar-refractivity contribution < 1.29 is 0 Å². The van der Waals surface area contributed by atoms with E-state index in [1.807, 2.05) is 48.5 Å². The maximum Gasteiger partial charge on any atom is 0.0998 e. The zero-order valence-electron chi connectivity index (χ0n) is 29.5. The fraction of sp³-hybridized carbons (Fsp3) is 0. The molecule has 3 aromatic heterocycles. The fourth-order valence-electron chi connectivity index (χ4n) is 8.77. The molecule has 5 nitrogen and oxygen atoms in total. The Bertz CT molecular complexity index is 3420. The Morgan fingerprint density at radius 1 is 0.327 bits per heavy atom. The van der Waals surface area contributed by atoms with E-state index in [0.717, 1.165) is 71.8 Å². The molecule has 0 aliphatic rings. The zero-order chi connectivity index (χ0) is 36.6. The topological polar surface area (TPSA) is 62.4 Å². The predicted octanol–water partition coefficient (Wildman–Crippen LogP) is 12.4. The number of hydrogen-bond donors (Lipinski definition) is 0. The highest BCUT2D eigenvalue weighted by Crippen LogP contribution is 2.40. The molecule has 0 N–H and O–H groups in total. The summed E-state index contributed by atoms with van der Waals surface area (Å²) in [6, 6.07) is 65.9. The van der Waals surface area contributed by atoms with E-state index in [0.29, 0.717) is 11.1 Å². The smallest absolute Gasteiger partial charge is 0.0998 e. The van der Waals surface area contributed by atoms with E-state index in [1.54, 1.807) is 0 Å². The van der Waals surface area contributed by atoms with Gasteiger partial charge in [0.1, 0.15) is 0 Å². The van der Waals surface area contributed by atoms with Crippen LogP contribution in [0.3, 0.4) is 0 Å². The van der Waals surface area contributed by atoms with Crippen LogP contribution in [0, 0.1) is 22.7 Å². The van der Waals surface area contributed by atoms with Crippen LogP contribution in [0.25, 0.3) is 93.6 Å². The summed E-state index contributed by atoms with van der Waals surface area (Å²) in [7, 11) is 0. The summed E-state index contributed by atoms with van der Waals surface area (Å²) in [6.07, 6.45) is 0. The van der Waals surface area contributed by atoms with Crippen molar-refractivity contribution in [3.05, 3.63) is 187 Å². The van der Waals surface area contributed by atoms with Crippen molar-refractivity contribution in [2.75, 3.05) is 0 Å². The number of nitrogens with zero attached hydrogens (tertiary/aromatic N) is 5. The van der Waals surface area contributed by atoms with Gasteiger partial charge in [-0.25, -0.2) is 0 Å². The normalized spacial score (nSPS) is 11.6. The average Bonchev–Trinajstić information content (AvgIpc) is 3.88. The van der Waals surface area contributed by atoms with Gasteiger partial charge in [-0.15, -0.1) is 0 Å². The van der Waals surface area contributed by atoms with Gasteiger partial charge in [-0.1, -0.05) is 103 Å². The van der Waals surface area contributed by atoms with E-state index in [1.165, 1.54) is 21.8 Å². The van der Waals surface area contributed by atoms with Gasteiger partial charge in [-0.05, 0) is 72.8 Å². The molecule has 0 atom stereocenters. The Hall–Kier alpha value is -7.86. The van der Waals surface area contributed by atoms with Gasteiger partial charge in [0.25, 0.3) is 0 Å². The molecular weight excluding hydrogens is 671 g/mol. The van der Waals surface area contributed by atoms with Crippen molar-refractivity contribution in [3.63, 3.8) is 0 Å². The minimum Gasteiger partial charge on any atom is -0.309 e. The summed E-state index contributed by atoms with van der Waals surface area (Å²) in [5.41, 5.74) is 12.4. The zero-order valence-corrected chi connectivity index (χ0v) is 29.5. The van der Waals surface area contributed by atoms with Gasteiger partial charge in [-0.3, -0.25) is 0 Å². The Morgan fingerprint density at radius 2 is 0.818 bits per heavy atom. The lowest BCUT2D eigenvalue weighted by molar-refractivity contribution is 1.16. The van der Waals surface area contributed by atoms with Crippen LogP contribution in [0.1, 0.15) is 11.1 Å². The molecule has 0 fully saturated rings. The van der Waals surface area contributed by atoms with Crippen molar-refractivity contribution in [2.45, 2.75) is 0 Å². The highest BCUT2D eigenvalue weighted by molar-refractivity contribution is 6.13. The van der Waals surface area contributed by atoms with E-state index in [9.17, 15) is 10.5 Å². The molecule has 0 unspecified atom stereocenters. The van der Waals surface area contributed by atoms with E-state index < -0.39 is 0 Å². The van der Waals surface area contributed by atoms with Crippen LogP contribution >= 0.6 is 0 Å². The number of aromatic nitrogens is 3. The van der Waals surface area contributed by atoms with Crippen LogP contribution in [0.15, 0.2) is 176 Å². The molecule has 55 heavy (non-hydrogen) atoms. The van der Waals surface area contributed by atoms with Crippen LogP contribution in [-0.2, 0) is 0 Å². The second-order valence-corrected chi connectivity index (χ2v) is 14.0. The average molecular weight is 700 g/mol. The van der Waals surface area contributed by atoms with Crippen LogP contribution in [0.4, 0.5) is 0 Å². The van der Waals surface area contributed by atoms with Crippen LogP contribution < -0.4 is 0 Å². The summed E-state index contributed by atoms with van der Waals surface area (Å²) in [5, 5.41) is 27.5. The van der Waals surface area contributed by atoms with E-state index in [2.05, 4.69) is 153 Å². The van der Waals surface area contributed by atoms with Crippen LogP contribution in [0.5, 0.6) is 0 Å². The van der Waals surface area contributed by atoms with Gasteiger partial charge < -0.3 is 13.7 Å². The van der Waals surface area contributed by atoms with Crippen molar-refractivity contribution in [2.24, 2.45) is 0 Å². The highest BCUT2D eigenvalue weighted by Gasteiger charge is 2.20. The lowest BCUT2D eigenvalue weighted by atomic mass is 9.97. The Labute approximate surface area is 316 Å². The molecule has 254 valence electrons. The maximum absolute atomic E-state index is 10.8. The summed E-state index contributed by atoms with van der Waals surface area (Å²) >= 11 is 0. The first-order valence-electron chi connectivity index (χ1n) is 18.3. The SMILES string of the molecule is N#Cc1ccc2c3ccccc3n(-c3ccccc3-c3ccc(-n4c5ccccc5c5cc(-n6c7ccccc7c7ccccc76)ccc54)cc3C#N)c2c1. The molecule has 0 saturated carbocycles. The summed E-state index contributed by atoms with van der Waals surface area (Å²) in [4.78, 5) is 0. The second-order valence-electron chi connectivity index (χ2n) is 14.0. The molecule has 0 spiro atoms. The monoisotopic (exact) mass is 699 g/mol. The van der Waals surface area contributed by atoms with Crippen molar-refractivity contribution in [1.29, 1.82) is 10.5 Å². The number of rotatable bonds is 4. The Balaban J connectivity index is 1.10. The fourth-order valence-corrected chi connectivity index (χ4v) is 8.77. The van der Waals surface area contributed by atoms with Gasteiger partial charge in [0.05, 0.1) is 62.1 Å². The molecule has 5 heteroatoms. The summed E-state index contributed by atoms with van der Waals surface area (Å²) in [6.45, 7) is 0. The van der Waals surface area contributed by atoms with Gasteiger partial charge in [0.15, 0.2) is 0 Å². The van der Waals surface area contributed by atoms with Gasteiger partial charge >= 0.3 is 0 Å². The minimum atomic E-state index is 0.580. The maximum atomic E-state index is 10.8. The lowest BCUT2D eigenvalue weighted by Gasteiger charge is -2.16. The molecule has 3 heterocycles. The predicted molar refractivity (Wildman–Crippen MR) is 224 cm³/mol. The third-order valence-corrected chi connectivity index (χ3v) is 11.1.